The van der Waals surface area contributed by atoms with Crippen LogP contribution in [0.3, 0.4) is 0 Å². The van der Waals surface area contributed by atoms with Crippen molar-refractivity contribution in [1.82, 2.24) is 10.2 Å². The molecule has 0 spiro atoms. The lowest BCUT2D eigenvalue weighted by Gasteiger charge is -2.41. The molecule has 0 radical (unpaired) electrons. The number of benzene rings is 1. The van der Waals surface area contributed by atoms with Gasteiger partial charge in [0.1, 0.15) is 5.82 Å². The highest BCUT2D eigenvalue weighted by Gasteiger charge is 2.44. The van der Waals surface area contributed by atoms with E-state index in [1.165, 1.54) is 6.07 Å². The first-order valence-corrected chi connectivity index (χ1v) is 7.99. The Hall–Kier alpha value is -2.17. The van der Waals surface area contributed by atoms with Crippen LogP contribution < -0.4 is 5.32 Å². The van der Waals surface area contributed by atoms with Crippen molar-refractivity contribution in [3.63, 3.8) is 0 Å². The van der Waals surface area contributed by atoms with Gasteiger partial charge in [-0.2, -0.15) is 0 Å². The summed E-state index contributed by atoms with van der Waals surface area (Å²) in [5.41, 5.74) is 1.29. The summed E-state index contributed by atoms with van der Waals surface area (Å²) in [7, 11) is 1.80. The van der Waals surface area contributed by atoms with Gasteiger partial charge in [-0.05, 0) is 30.9 Å². The van der Waals surface area contributed by atoms with Gasteiger partial charge in [0.2, 0.25) is 11.8 Å². The number of carbonyl (C=O) groups is 2. The number of hydrogen-bond acceptors (Lipinski definition) is 2. The van der Waals surface area contributed by atoms with Crippen molar-refractivity contribution >= 4 is 11.8 Å². The van der Waals surface area contributed by atoms with Crippen molar-refractivity contribution in [2.24, 2.45) is 5.41 Å². The van der Waals surface area contributed by atoms with Crippen molar-refractivity contribution < 1.29 is 14.0 Å². The summed E-state index contributed by atoms with van der Waals surface area (Å²) in [5, 5.41) is 2.94. The average molecular weight is 316 g/mol. The van der Waals surface area contributed by atoms with Gasteiger partial charge in [-0.25, -0.2) is 4.39 Å². The smallest absolute Gasteiger partial charge is 0.226 e. The molecule has 122 valence electrons. The van der Waals surface area contributed by atoms with Gasteiger partial charge in [0.15, 0.2) is 0 Å². The Balaban J connectivity index is 1.64. The van der Waals surface area contributed by atoms with E-state index < -0.39 is 0 Å². The van der Waals surface area contributed by atoms with Gasteiger partial charge in [-0.1, -0.05) is 24.3 Å². The fourth-order valence-corrected chi connectivity index (χ4v) is 3.64. The highest BCUT2D eigenvalue weighted by atomic mass is 19.1. The Morgan fingerprint density at radius 3 is 2.91 bits per heavy atom. The summed E-state index contributed by atoms with van der Waals surface area (Å²) in [6.07, 6.45) is 5.28. The zero-order chi connectivity index (χ0) is 16.4. The van der Waals surface area contributed by atoms with Crippen molar-refractivity contribution in [1.29, 1.82) is 0 Å². The molecule has 1 heterocycles. The van der Waals surface area contributed by atoms with Crippen LogP contribution in [0.25, 0.3) is 0 Å². The van der Waals surface area contributed by atoms with Crippen LogP contribution in [0.4, 0.5) is 4.39 Å². The van der Waals surface area contributed by atoms with E-state index >= 15 is 0 Å². The number of allylic oxidation sites excluding steroid dienone is 1. The maximum Gasteiger partial charge on any atom is 0.226 e. The highest BCUT2D eigenvalue weighted by Crippen LogP contribution is 2.46. The zero-order valence-corrected chi connectivity index (χ0v) is 13.3. The van der Waals surface area contributed by atoms with Crippen LogP contribution in [0.1, 0.15) is 31.2 Å². The van der Waals surface area contributed by atoms with E-state index in [9.17, 15) is 14.0 Å². The van der Waals surface area contributed by atoms with Gasteiger partial charge >= 0.3 is 0 Å². The Kier molecular flexibility index (Phi) is 4.20. The summed E-state index contributed by atoms with van der Waals surface area (Å²) in [6, 6.07) is 6.33. The topological polar surface area (TPSA) is 49.4 Å². The Morgan fingerprint density at radius 2 is 2.13 bits per heavy atom. The van der Waals surface area contributed by atoms with E-state index in [0.29, 0.717) is 18.5 Å². The molecule has 1 aliphatic carbocycles. The predicted molar refractivity (Wildman–Crippen MR) is 84.9 cm³/mol. The molecule has 23 heavy (non-hydrogen) atoms. The molecular formula is C18H21FN2O2. The molecule has 0 saturated carbocycles. The standard InChI is InChI=1S/C18H21FN2O2/c1-21-15-7-4-9-18(15,10-8-17(21)23)12-20-16(22)11-13-5-2-3-6-14(13)19/h2-3,5-7H,4,8-12H2,1H3,(H,20,22). The number of amides is 2. The lowest BCUT2D eigenvalue weighted by molar-refractivity contribution is -0.132. The molecule has 2 amide bonds. The van der Waals surface area contributed by atoms with Gasteiger partial charge in [0.25, 0.3) is 0 Å². The summed E-state index contributed by atoms with van der Waals surface area (Å²) >= 11 is 0. The molecule has 1 aliphatic heterocycles. The molecule has 1 N–H and O–H groups in total. The largest absolute Gasteiger partial charge is 0.355 e. The average Bonchev–Trinajstić information content (AvgIpc) is 2.97. The quantitative estimate of drug-likeness (QED) is 0.927. The minimum atomic E-state index is -0.356. The summed E-state index contributed by atoms with van der Waals surface area (Å²) in [6.45, 7) is 0.504. The second-order valence-electron chi connectivity index (χ2n) is 6.41. The summed E-state index contributed by atoms with van der Waals surface area (Å²) < 4.78 is 13.6. The molecule has 1 fully saturated rings. The van der Waals surface area contributed by atoms with Gasteiger partial charge in [-0.3, -0.25) is 9.59 Å². The van der Waals surface area contributed by atoms with E-state index in [2.05, 4.69) is 11.4 Å². The maximum atomic E-state index is 13.6. The number of nitrogens with one attached hydrogen (secondary N) is 1. The first-order chi connectivity index (χ1) is 11.0. The van der Waals surface area contributed by atoms with Crippen LogP contribution in [0.5, 0.6) is 0 Å². The number of halogens is 1. The molecule has 5 heteroatoms. The number of hydrogen-bond donors (Lipinski definition) is 1. The minimum absolute atomic E-state index is 0.0383. The third-order valence-electron chi connectivity index (χ3n) is 4.99. The van der Waals surface area contributed by atoms with Crippen molar-refractivity contribution in [2.75, 3.05) is 13.6 Å². The SMILES string of the molecule is CN1C(=O)CCC2(CNC(=O)Cc3ccccc3F)CCC=C12. The van der Waals surface area contributed by atoms with Crippen molar-refractivity contribution in [3.8, 4) is 0 Å². The lowest BCUT2D eigenvalue weighted by atomic mass is 9.77. The zero-order valence-electron chi connectivity index (χ0n) is 13.3. The molecule has 1 atom stereocenters. The van der Waals surface area contributed by atoms with Crippen LogP contribution in [0, 0.1) is 11.2 Å². The Labute approximate surface area is 135 Å². The Bertz CT molecular complexity index is 671. The summed E-state index contributed by atoms with van der Waals surface area (Å²) in [4.78, 5) is 25.7. The molecule has 3 rings (SSSR count). The van der Waals surface area contributed by atoms with Crippen LogP contribution >= 0.6 is 0 Å². The second kappa shape index (κ2) is 6.14. The van der Waals surface area contributed by atoms with E-state index in [1.54, 1.807) is 30.1 Å². The molecule has 1 aromatic rings. The fraction of sp³-hybridized carbons (Fsp3) is 0.444. The molecule has 4 nitrogen and oxygen atoms in total. The minimum Gasteiger partial charge on any atom is -0.355 e. The normalized spacial score (nSPS) is 23.5. The van der Waals surface area contributed by atoms with E-state index in [-0.39, 0.29) is 29.5 Å². The molecule has 2 aliphatic rings. The summed E-state index contributed by atoms with van der Waals surface area (Å²) in [5.74, 6) is -0.410. The number of piperidine rings is 1. The van der Waals surface area contributed by atoms with E-state index in [4.69, 9.17) is 0 Å². The van der Waals surface area contributed by atoms with Crippen LogP contribution in [-0.4, -0.2) is 30.3 Å². The fourth-order valence-electron chi connectivity index (χ4n) is 3.64. The van der Waals surface area contributed by atoms with Crippen LogP contribution in [-0.2, 0) is 16.0 Å². The first kappa shape index (κ1) is 15.7. The van der Waals surface area contributed by atoms with Crippen molar-refractivity contribution in [3.05, 3.63) is 47.4 Å². The maximum absolute atomic E-state index is 13.6. The third-order valence-corrected chi connectivity index (χ3v) is 4.99. The number of likely N-dealkylation sites (tertiary alicyclic amines) is 1. The number of rotatable bonds is 4. The van der Waals surface area contributed by atoms with Crippen LogP contribution in [0.2, 0.25) is 0 Å². The molecule has 1 aromatic carbocycles. The predicted octanol–water partition coefficient (Wildman–Crippen LogP) is 2.40. The molecule has 1 saturated heterocycles. The van der Waals surface area contributed by atoms with Gasteiger partial charge in [0, 0.05) is 31.1 Å². The third kappa shape index (κ3) is 3.00. The van der Waals surface area contributed by atoms with Gasteiger partial charge in [0.05, 0.1) is 6.42 Å². The number of nitrogens with zero attached hydrogens (tertiary/aromatic N) is 1. The lowest BCUT2D eigenvalue weighted by Crippen LogP contribution is -2.47. The van der Waals surface area contributed by atoms with Gasteiger partial charge in [-0.15, -0.1) is 0 Å². The number of fused-ring (bicyclic) bond motifs is 1. The molecule has 1 unspecified atom stereocenters. The number of carbonyl (C=O) groups excluding carboxylic acids is 2. The van der Waals surface area contributed by atoms with Crippen molar-refractivity contribution in [2.45, 2.75) is 32.1 Å². The highest BCUT2D eigenvalue weighted by molar-refractivity contribution is 5.80. The Morgan fingerprint density at radius 1 is 1.35 bits per heavy atom. The van der Waals surface area contributed by atoms with Crippen LogP contribution in [0.15, 0.2) is 36.0 Å². The molecular weight excluding hydrogens is 295 g/mol. The van der Waals surface area contributed by atoms with E-state index in [1.807, 2.05) is 0 Å². The monoisotopic (exact) mass is 316 g/mol. The van der Waals surface area contributed by atoms with E-state index in [0.717, 1.165) is 25.0 Å². The molecule has 0 aromatic heterocycles. The first-order valence-electron chi connectivity index (χ1n) is 7.99. The molecule has 0 bridgehead atoms. The van der Waals surface area contributed by atoms with Gasteiger partial charge < -0.3 is 10.2 Å². The second-order valence-corrected chi connectivity index (χ2v) is 6.41.